The lowest BCUT2D eigenvalue weighted by Gasteiger charge is -2.26. The Balaban J connectivity index is 2.21. The van der Waals surface area contributed by atoms with Crippen molar-refractivity contribution in [1.29, 1.82) is 0 Å². The summed E-state index contributed by atoms with van der Waals surface area (Å²) in [5, 5.41) is 0. The molecule has 0 spiro atoms. The molecule has 1 atom stereocenters. The van der Waals surface area contributed by atoms with Crippen LogP contribution in [-0.4, -0.2) is 41.1 Å². The van der Waals surface area contributed by atoms with Gasteiger partial charge in [-0.15, -0.1) is 0 Å². The molecule has 0 saturated carbocycles. The molecular formula is C17H21FN2O3S. The van der Waals surface area contributed by atoms with Crippen molar-refractivity contribution in [2.24, 2.45) is 0 Å². The average Bonchev–Trinajstić information content (AvgIpc) is 2.55. The van der Waals surface area contributed by atoms with Crippen LogP contribution in [0.15, 0.2) is 53.4 Å². The summed E-state index contributed by atoms with van der Waals surface area (Å²) in [5.41, 5.74) is 0.881. The number of nitrogens with zero attached hydrogens (tertiary/aromatic N) is 1. The highest BCUT2D eigenvalue weighted by Gasteiger charge is 2.22. The zero-order chi connectivity index (χ0) is 17.7. The fourth-order valence-electron chi connectivity index (χ4n) is 2.40. The predicted molar refractivity (Wildman–Crippen MR) is 91.0 cm³/mol. The summed E-state index contributed by atoms with van der Waals surface area (Å²) in [5.74, 6) is 0.214. The molecule has 0 aliphatic heterocycles. The van der Waals surface area contributed by atoms with Gasteiger partial charge in [0.2, 0.25) is 10.0 Å². The van der Waals surface area contributed by atoms with Crippen LogP contribution in [0.5, 0.6) is 5.75 Å². The van der Waals surface area contributed by atoms with Crippen LogP contribution in [0.2, 0.25) is 0 Å². The lowest BCUT2D eigenvalue weighted by Crippen LogP contribution is -2.34. The van der Waals surface area contributed by atoms with Gasteiger partial charge in [-0.1, -0.05) is 18.2 Å². The molecule has 7 heteroatoms. The van der Waals surface area contributed by atoms with E-state index < -0.39 is 15.8 Å². The molecule has 0 aliphatic carbocycles. The summed E-state index contributed by atoms with van der Waals surface area (Å²) in [6, 6.07) is 12.0. The molecule has 0 heterocycles. The van der Waals surface area contributed by atoms with Gasteiger partial charge in [0.05, 0.1) is 18.0 Å². The maximum absolute atomic E-state index is 13.0. The number of rotatable bonds is 7. The van der Waals surface area contributed by atoms with Crippen molar-refractivity contribution in [2.45, 2.75) is 10.9 Å². The standard InChI is InChI=1S/C17H21FN2O3S/c1-20(2)16(15-6-4-5-7-17(15)23-3)12-19-24(21,22)14-10-8-13(18)9-11-14/h4-11,16,19H,12H2,1-3H3. The largest absolute Gasteiger partial charge is 0.496 e. The summed E-state index contributed by atoms with van der Waals surface area (Å²) in [6.45, 7) is 0.160. The number of hydrogen-bond donors (Lipinski definition) is 1. The molecule has 2 aromatic carbocycles. The van der Waals surface area contributed by atoms with E-state index in [4.69, 9.17) is 4.74 Å². The lowest BCUT2D eigenvalue weighted by atomic mass is 10.1. The van der Waals surface area contributed by atoms with Gasteiger partial charge >= 0.3 is 0 Å². The van der Waals surface area contributed by atoms with Gasteiger partial charge in [0, 0.05) is 12.1 Å². The Labute approximate surface area is 142 Å². The highest BCUT2D eigenvalue weighted by Crippen LogP contribution is 2.27. The second-order valence-corrected chi connectivity index (χ2v) is 7.29. The summed E-state index contributed by atoms with van der Waals surface area (Å²) in [6.07, 6.45) is 0. The first-order valence-corrected chi connectivity index (χ1v) is 8.88. The highest BCUT2D eigenvalue weighted by molar-refractivity contribution is 7.89. The molecule has 0 amide bonds. The van der Waals surface area contributed by atoms with Gasteiger partial charge in [0.1, 0.15) is 11.6 Å². The smallest absolute Gasteiger partial charge is 0.240 e. The topological polar surface area (TPSA) is 58.6 Å². The number of hydrogen-bond acceptors (Lipinski definition) is 4. The van der Waals surface area contributed by atoms with Crippen molar-refractivity contribution >= 4 is 10.0 Å². The fourth-order valence-corrected chi connectivity index (χ4v) is 3.44. The van der Waals surface area contributed by atoms with Gasteiger partial charge in [-0.05, 0) is 44.4 Å². The van der Waals surface area contributed by atoms with Gasteiger partial charge in [0.15, 0.2) is 0 Å². The third kappa shape index (κ3) is 4.31. The van der Waals surface area contributed by atoms with Crippen LogP contribution in [0.3, 0.4) is 0 Å². The first-order valence-electron chi connectivity index (χ1n) is 7.39. The molecule has 1 N–H and O–H groups in total. The molecule has 0 radical (unpaired) electrons. The van der Waals surface area contributed by atoms with Crippen molar-refractivity contribution in [3.05, 3.63) is 59.9 Å². The summed E-state index contributed by atoms with van der Waals surface area (Å²) in [4.78, 5) is 1.94. The number of benzene rings is 2. The van der Waals surface area contributed by atoms with E-state index in [1.807, 2.05) is 43.3 Å². The Bertz CT molecular complexity index is 777. The number of para-hydroxylation sites is 1. The minimum absolute atomic E-state index is 0.0291. The second kappa shape index (κ2) is 7.74. The fraction of sp³-hybridized carbons (Fsp3) is 0.294. The second-order valence-electron chi connectivity index (χ2n) is 5.53. The molecule has 1 unspecified atom stereocenters. The first kappa shape index (κ1) is 18.4. The van der Waals surface area contributed by atoms with E-state index in [1.165, 1.54) is 12.1 Å². The Morgan fingerprint density at radius 2 is 1.75 bits per heavy atom. The number of likely N-dealkylation sites (N-methyl/N-ethyl adjacent to an activating group) is 1. The van der Waals surface area contributed by atoms with E-state index in [0.29, 0.717) is 5.75 Å². The molecule has 0 saturated heterocycles. The van der Waals surface area contributed by atoms with Crippen LogP contribution < -0.4 is 9.46 Å². The van der Waals surface area contributed by atoms with Crippen LogP contribution in [-0.2, 0) is 10.0 Å². The van der Waals surface area contributed by atoms with Gasteiger partial charge in [-0.2, -0.15) is 0 Å². The summed E-state index contributed by atoms with van der Waals surface area (Å²) < 4.78 is 45.6. The highest BCUT2D eigenvalue weighted by atomic mass is 32.2. The van der Waals surface area contributed by atoms with Crippen molar-refractivity contribution in [3.63, 3.8) is 0 Å². The molecule has 0 aromatic heterocycles. The number of halogens is 1. The van der Waals surface area contributed by atoms with Gasteiger partial charge in [0.25, 0.3) is 0 Å². The van der Waals surface area contributed by atoms with Crippen LogP contribution >= 0.6 is 0 Å². The molecule has 0 aliphatic rings. The van der Waals surface area contributed by atoms with E-state index >= 15 is 0 Å². The molecule has 5 nitrogen and oxygen atoms in total. The van der Waals surface area contributed by atoms with E-state index in [0.717, 1.165) is 17.7 Å². The van der Waals surface area contributed by atoms with Gasteiger partial charge in [-0.3, -0.25) is 0 Å². The summed E-state index contributed by atoms with van der Waals surface area (Å²) in [7, 11) is 1.59. The SMILES string of the molecule is COc1ccccc1C(CNS(=O)(=O)c1ccc(F)cc1)N(C)C. The van der Waals surface area contributed by atoms with Crippen molar-refractivity contribution in [3.8, 4) is 5.75 Å². The van der Waals surface area contributed by atoms with Crippen molar-refractivity contribution < 1.29 is 17.5 Å². The zero-order valence-electron chi connectivity index (χ0n) is 13.9. The Kier molecular flexibility index (Phi) is 5.93. The van der Waals surface area contributed by atoms with Crippen LogP contribution in [0.25, 0.3) is 0 Å². The number of ether oxygens (including phenoxy) is 1. The Morgan fingerprint density at radius 1 is 1.12 bits per heavy atom. The van der Waals surface area contributed by atoms with Crippen molar-refractivity contribution in [2.75, 3.05) is 27.7 Å². The summed E-state index contributed by atoms with van der Waals surface area (Å²) >= 11 is 0. The number of methoxy groups -OCH3 is 1. The number of sulfonamides is 1. The van der Waals surface area contributed by atoms with Crippen LogP contribution in [0.1, 0.15) is 11.6 Å². The third-order valence-electron chi connectivity index (χ3n) is 3.71. The molecule has 2 rings (SSSR count). The van der Waals surface area contributed by atoms with E-state index in [2.05, 4.69) is 4.72 Å². The molecule has 0 fully saturated rings. The first-order chi connectivity index (χ1) is 11.3. The maximum Gasteiger partial charge on any atom is 0.240 e. The van der Waals surface area contributed by atoms with Crippen molar-refractivity contribution in [1.82, 2.24) is 9.62 Å². The quantitative estimate of drug-likeness (QED) is 0.831. The zero-order valence-corrected chi connectivity index (χ0v) is 14.7. The molecular weight excluding hydrogens is 331 g/mol. The van der Waals surface area contributed by atoms with Gasteiger partial charge < -0.3 is 9.64 Å². The van der Waals surface area contributed by atoms with E-state index in [9.17, 15) is 12.8 Å². The normalized spacial score (nSPS) is 13.0. The van der Waals surface area contributed by atoms with Crippen LogP contribution in [0, 0.1) is 5.82 Å². The maximum atomic E-state index is 13.0. The third-order valence-corrected chi connectivity index (χ3v) is 5.15. The Hall–Kier alpha value is -1.96. The lowest BCUT2D eigenvalue weighted by molar-refractivity contribution is 0.289. The average molecular weight is 352 g/mol. The predicted octanol–water partition coefficient (Wildman–Crippen LogP) is 2.42. The Morgan fingerprint density at radius 3 is 2.33 bits per heavy atom. The minimum atomic E-state index is -3.72. The van der Waals surface area contributed by atoms with E-state index in [-0.39, 0.29) is 17.5 Å². The molecule has 2 aromatic rings. The number of nitrogens with one attached hydrogen (secondary N) is 1. The molecule has 24 heavy (non-hydrogen) atoms. The monoisotopic (exact) mass is 352 g/mol. The molecule has 130 valence electrons. The van der Waals surface area contributed by atoms with Crippen LogP contribution in [0.4, 0.5) is 4.39 Å². The van der Waals surface area contributed by atoms with Gasteiger partial charge in [-0.25, -0.2) is 17.5 Å². The minimum Gasteiger partial charge on any atom is -0.496 e. The van der Waals surface area contributed by atoms with E-state index in [1.54, 1.807) is 7.11 Å². The molecule has 0 bridgehead atoms.